The van der Waals surface area contributed by atoms with Crippen molar-refractivity contribution in [3.8, 4) is 0 Å². The minimum atomic E-state index is 0.594. The molecule has 0 spiro atoms. The molecule has 0 aromatic carbocycles. The van der Waals surface area contributed by atoms with Crippen LogP contribution in [0, 0.1) is 6.92 Å². The molecule has 0 atom stereocenters. The Balaban J connectivity index is 1.62. The van der Waals surface area contributed by atoms with E-state index in [1.54, 1.807) is 0 Å². The van der Waals surface area contributed by atoms with Crippen LogP contribution in [0.1, 0.15) is 55.7 Å². The lowest BCUT2D eigenvalue weighted by atomic mass is 9.85. The molecule has 0 bridgehead atoms. The molecule has 0 amide bonds. The first-order valence-corrected chi connectivity index (χ1v) is 7.97. The van der Waals surface area contributed by atoms with Crippen LogP contribution in [-0.4, -0.2) is 27.1 Å². The Labute approximate surface area is 126 Å². The topological polar surface area (TPSA) is 44.3 Å². The molecule has 0 unspecified atom stereocenters. The summed E-state index contributed by atoms with van der Waals surface area (Å²) in [6.45, 7) is 4.30. The van der Waals surface area contributed by atoms with Crippen molar-refractivity contribution < 1.29 is 0 Å². The molecule has 1 saturated carbocycles. The van der Waals surface area contributed by atoms with Gasteiger partial charge >= 0.3 is 0 Å². The molecule has 1 aromatic rings. The molecule has 1 N–H and O–H groups in total. The van der Waals surface area contributed by atoms with E-state index in [0.717, 1.165) is 6.42 Å². The molecule has 1 aliphatic heterocycles. The molecule has 3 rings (SSSR count). The Morgan fingerprint density at radius 3 is 2.76 bits per heavy atom. The number of aromatic nitrogens is 2. The van der Waals surface area contributed by atoms with Crippen molar-refractivity contribution >= 4 is 6.21 Å². The average Bonchev–Trinajstić information content (AvgIpc) is 2.73. The van der Waals surface area contributed by atoms with E-state index in [-0.39, 0.29) is 0 Å². The van der Waals surface area contributed by atoms with E-state index in [9.17, 15) is 0 Å². The zero-order valence-corrected chi connectivity index (χ0v) is 12.9. The second-order valence-electron chi connectivity index (χ2n) is 5.94. The number of hydrogen-bond acceptors (Lipinski definition) is 3. The molecule has 2 aliphatic rings. The van der Waals surface area contributed by atoms with Gasteiger partial charge in [-0.1, -0.05) is 6.92 Å². The van der Waals surface area contributed by atoms with Gasteiger partial charge in [0.15, 0.2) is 0 Å². The van der Waals surface area contributed by atoms with Gasteiger partial charge in [-0.25, -0.2) is 4.98 Å². The van der Waals surface area contributed by atoms with Gasteiger partial charge in [-0.3, -0.25) is 4.99 Å². The van der Waals surface area contributed by atoms with Crippen LogP contribution < -0.4 is 0 Å². The number of hydrogen-bond donors (Lipinski definition) is 1. The van der Waals surface area contributed by atoms with Crippen LogP contribution in [0.5, 0.6) is 0 Å². The molecule has 4 nitrogen and oxygen atoms in total. The summed E-state index contributed by atoms with van der Waals surface area (Å²) in [5, 5.41) is 0. The van der Waals surface area contributed by atoms with Gasteiger partial charge in [0.1, 0.15) is 5.82 Å². The fraction of sp³-hybridized carbons (Fsp3) is 0.529. The van der Waals surface area contributed by atoms with Crippen LogP contribution in [0.4, 0.5) is 0 Å². The number of aryl methyl sites for hydroxylation is 2. The maximum Gasteiger partial charge on any atom is 0.109 e. The highest BCUT2D eigenvalue weighted by atomic mass is 15.1. The second kappa shape index (κ2) is 6.29. The van der Waals surface area contributed by atoms with Gasteiger partial charge in [0.05, 0.1) is 5.69 Å². The van der Waals surface area contributed by atoms with E-state index in [4.69, 9.17) is 4.98 Å². The van der Waals surface area contributed by atoms with Crippen molar-refractivity contribution in [3.05, 3.63) is 41.9 Å². The average molecular weight is 284 g/mol. The maximum absolute atomic E-state index is 4.79. The predicted octanol–water partition coefficient (Wildman–Crippen LogP) is 3.68. The molecule has 1 aromatic heterocycles. The number of rotatable bonds is 3. The van der Waals surface area contributed by atoms with Crippen molar-refractivity contribution in [2.75, 3.05) is 0 Å². The van der Waals surface area contributed by atoms with Crippen LogP contribution in [0.15, 0.2) is 29.7 Å². The van der Waals surface area contributed by atoms with Crippen molar-refractivity contribution in [1.29, 1.82) is 0 Å². The van der Waals surface area contributed by atoms with Crippen LogP contribution in [0.3, 0.4) is 0 Å². The zero-order chi connectivity index (χ0) is 14.7. The third kappa shape index (κ3) is 3.09. The van der Waals surface area contributed by atoms with Crippen molar-refractivity contribution in [3.63, 3.8) is 0 Å². The molecule has 1 fully saturated rings. The molecule has 2 heterocycles. The van der Waals surface area contributed by atoms with E-state index in [1.165, 1.54) is 42.9 Å². The third-order valence-electron chi connectivity index (χ3n) is 4.60. The van der Waals surface area contributed by atoms with Crippen LogP contribution in [-0.2, 0) is 6.42 Å². The van der Waals surface area contributed by atoms with Crippen LogP contribution in [0.2, 0.25) is 0 Å². The summed E-state index contributed by atoms with van der Waals surface area (Å²) in [7, 11) is 0. The summed E-state index contributed by atoms with van der Waals surface area (Å²) in [5.41, 5.74) is 2.47. The summed E-state index contributed by atoms with van der Waals surface area (Å²) in [6.07, 6.45) is 15.8. The lowest BCUT2D eigenvalue weighted by Gasteiger charge is -2.33. The van der Waals surface area contributed by atoms with E-state index >= 15 is 0 Å². The monoisotopic (exact) mass is 284 g/mol. The van der Waals surface area contributed by atoms with E-state index in [0.29, 0.717) is 12.0 Å². The summed E-state index contributed by atoms with van der Waals surface area (Å²) >= 11 is 0. The van der Waals surface area contributed by atoms with E-state index < -0.39 is 0 Å². The molecular weight excluding hydrogens is 260 g/mol. The van der Waals surface area contributed by atoms with E-state index in [1.807, 2.05) is 18.5 Å². The van der Waals surface area contributed by atoms with Gasteiger partial charge in [0.2, 0.25) is 0 Å². The first-order valence-electron chi connectivity index (χ1n) is 7.97. The summed E-state index contributed by atoms with van der Waals surface area (Å²) in [6, 6.07) is 0.595. The fourth-order valence-electron chi connectivity index (χ4n) is 3.35. The SMILES string of the molecule is CCc1nc(C2CCC(N3C=CC=NC=C3)CC2)[nH]c1C. The van der Waals surface area contributed by atoms with Crippen LogP contribution in [0.25, 0.3) is 0 Å². The molecule has 1 aliphatic carbocycles. The number of nitrogens with zero attached hydrogens (tertiary/aromatic N) is 3. The molecule has 0 radical (unpaired) electrons. The minimum Gasteiger partial charge on any atom is -0.350 e. The quantitative estimate of drug-likeness (QED) is 0.920. The zero-order valence-electron chi connectivity index (χ0n) is 12.9. The normalized spacial score (nSPS) is 25.3. The Morgan fingerprint density at radius 1 is 1.24 bits per heavy atom. The Kier molecular flexibility index (Phi) is 4.23. The van der Waals surface area contributed by atoms with Gasteiger partial charge in [-0.2, -0.15) is 0 Å². The highest BCUT2D eigenvalue weighted by Crippen LogP contribution is 2.34. The number of imidazole rings is 1. The van der Waals surface area contributed by atoms with Crippen molar-refractivity contribution in [2.45, 2.75) is 57.9 Å². The van der Waals surface area contributed by atoms with Gasteiger partial charge in [0.25, 0.3) is 0 Å². The van der Waals surface area contributed by atoms with E-state index in [2.05, 4.69) is 41.1 Å². The summed E-state index contributed by atoms with van der Waals surface area (Å²) in [5.74, 6) is 1.80. The van der Waals surface area contributed by atoms with Gasteiger partial charge in [-0.15, -0.1) is 0 Å². The largest absolute Gasteiger partial charge is 0.350 e. The van der Waals surface area contributed by atoms with Gasteiger partial charge in [-0.05, 0) is 45.1 Å². The first kappa shape index (κ1) is 14.1. The first-order chi connectivity index (χ1) is 10.3. The fourth-order valence-corrected chi connectivity index (χ4v) is 3.35. The highest BCUT2D eigenvalue weighted by Gasteiger charge is 2.26. The summed E-state index contributed by atoms with van der Waals surface area (Å²) in [4.78, 5) is 14.7. The lowest BCUT2D eigenvalue weighted by molar-refractivity contribution is 0.257. The second-order valence-corrected chi connectivity index (χ2v) is 5.94. The van der Waals surface area contributed by atoms with Gasteiger partial charge in [0, 0.05) is 42.5 Å². The number of nitrogens with one attached hydrogen (secondary N) is 1. The number of aliphatic imine (C=N–C) groups is 1. The maximum atomic E-state index is 4.79. The molecule has 4 heteroatoms. The molecule has 21 heavy (non-hydrogen) atoms. The Morgan fingerprint density at radius 2 is 2.05 bits per heavy atom. The third-order valence-corrected chi connectivity index (χ3v) is 4.60. The standard InChI is InChI=1S/C17H24N4/c1-3-16-13(2)19-17(20-16)14-5-7-15(8-6-14)21-11-4-9-18-10-12-21/h4,9-12,14-15H,3,5-8H2,1-2H3,(H,19,20). The predicted molar refractivity (Wildman–Crippen MR) is 86.3 cm³/mol. The molecule has 112 valence electrons. The number of H-pyrrole nitrogens is 1. The van der Waals surface area contributed by atoms with Crippen molar-refractivity contribution in [2.24, 2.45) is 4.99 Å². The van der Waals surface area contributed by atoms with Crippen LogP contribution >= 0.6 is 0 Å². The molecule has 0 saturated heterocycles. The van der Waals surface area contributed by atoms with Crippen molar-refractivity contribution in [1.82, 2.24) is 14.9 Å². The molecular formula is C17H24N4. The Bertz CT molecular complexity index is 543. The summed E-state index contributed by atoms with van der Waals surface area (Å²) < 4.78 is 0. The smallest absolute Gasteiger partial charge is 0.109 e. The highest BCUT2D eigenvalue weighted by molar-refractivity contribution is 5.71. The van der Waals surface area contributed by atoms with Gasteiger partial charge < -0.3 is 9.88 Å². The minimum absolute atomic E-state index is 0.594. The number of allylic oxidation sites excluding steroid dienone is 1. The lowest BCUT2D eigenvalue weighted by Crippen LogP contribution is -2.30. The number of aromatic amines is 1. The Hall–Kier alpha value is -1.84.